The molecule has 0 aliphatic carbocycles. The lowest BCUT2D eigenvalue weighted by Gasteiger charge is -2.14. The first-order valence-electron chi connectivity index (χ1n) is 6.57. The number of aromatic carboxylic acids is 1. The van der Waals surface area contributed by atoms with E-state index < -0.39 is 5.97 Å². The van der Waals surface area contributed by atoms with Crippen LogP contribution in [0.2, 0.25) is 0 Å². The lowest BCUT2D eigenvalue weighted by molar-refractivity contribution is -0.121. The standard InChI is InChI=1S/C14H16N2O4S/c17-12(4-5-16-6-7-21-14(16)20)15-9-10-2-1-3-11(8-10)13(18)19/h1-3,8H,4-7,9H2,(H,15,17)(H,18,19). The maximum atomic E-state index is 11.7. The summed E-state index contributed by atoms with van der Waals surface area (Å²) in [6, 6.07) is 6.44. The molecule has 0 aromatic heterocycles. The Morgan fingerprint density at radius 2 is 2.19 bits per heavy atom. The number of thioether (sulfide) groups is 1. The Morgan fingerprint density at radius 1 is 1.38 bits per heavy atom. The van der Waals surface area contributed by atoms with Crippen molar-refractivity contribution >= 4 is 28.9 Å². The molecular weight excluding hydrogens is 292 g/mol. The Morgan fingerprint density at radius 3 is 2.86 bits per heavy atom. The van der Waals surface area contributed by atoms with E-state index in [1.165, 1.54) is 23.9 Å². The van der Waals surface area contributed by atoms with E-state index in [0.29, 0.717) is 13.1 Å². The van der Waals surface area contributed by atoms with Crippen molar-refractivity contribution in [3.05, 3.63) is 35.4 Å². The van der Waals surface area contributed by atoms with Crippen molar-refractivity contribution in [2.75, 3.05) is 18.8 Å². The van der Waals surface area contributed by atoms with Gasteiger partial charge in [0.1, 0.15) is 0 Å². The largest absolute Gasteiger partial charge is 0.478 e. The van der Waals surface area contributed by atoms with Crippen molar-refractivity contribution in [1.82, 2.24) is 10.2 Å². The van der Waals surface area contributed by atoms with Gasteiger partial charge in [-0.1, -0.05) is 23.9 Å². The Bertz CT molecular complexity index is 562. The molecule has 0 spiro atoms. The molecular formula is C14H16N2O4S. The molecule has 1 aromatic rings. The number of hydrogen-bond acceptors (Lipinski definition) is 4. The predicted molar refractivity (Wildman–Crippen MR) is 79.3 cm³/mol. The maximum absolute atomic E-state index is 11.7. The van der Waals surface area contributed by atoms with Crippen molar-refractivity contribution in [1.29, 1.82) is 0 Å². The summed E-state index contributed by atoms with van der Waals surface area (Å²) in [6.45, 7) is 1.40. The van der Waals surface area contributed by atoms with Gasteiger partial charge in [-0.2, -0.15) is 0 Å². The first kappa shape index (κ1) is 15.4. The maximum Gasteiger partial charge on any atom is 0.335 e. The van der Waals surface area contributed by atoms with Crippen molar-refractivity contribution in [3.63, 3.8) is 0 Å². The molecule has 1 fully saturated rings. The van der Waals surface area contributed by atoms with Crippen molar-refractivity contribution in [2.24, 2.45) is 0 Å². The third-order valence-corrected chi connectivity index (χ3v) is 4.01. The monoisotopic (exact) mass is 308 g/mol. The number of nitrogens with one attached hydrogen (secondary N) is 1. The molecule has 7 heteroatoms. The molecule has 1 saturated heterocycles. The first-order valence-corrected chi connectivity index (χ1v) is 7.55. The third-order valence-electron chi connectivity index (χ3n) is 3.12. The van der Waals surface area contributed by atoms with Gasteiger partial charge < -0.3 is 15.3 Å². The zero-order valence-corrected chi connectivity index (χ0v) is 12.2. The van der Waals surface area contributed by atoms with Gasteiger partial charge in [-0.15, -0.1) is 0 Å². The summed E-state index contributed by atoms with van der Waals surface area (Å²) in [5, 5.41) is 11.6. The van der Waals surface area contributed by atoms with Crippen LogP contribution < -0.4 is 5.32 Å². The SMILES string of the molecule is O=C(CCN1CCSC1=O)NCc1cccc(C(=O)O)c1. The first-order chi connectivity index (χ1) is 10.1. The van der Waals surface area contributed by atoms with Crippen LogP contribution in [0.25, 0.3) is 0 Å². The molecule has 2 amide bonds. The van der Waals surface area contributed by atoms with Gasteiger partial charge in [0, 0.05) is 31.8 Å². The van der Waals surface area contributed by atoms with Crippen LogP contribution in [0.15, 0.2) is 24.3 Å². The van der Waals surface area contributed by atoms with Crippen molar-refractivity contribution in [3.8, 4) is 0 Å². The topological polar surface area (TPSA) is 86.7 Å². The minimum atomic E-state index is -0.992. The number of carbonyl (C=O) groups excluding carboxylic acids is 2. The average molecular weight is 308 g/mol. The second-order valence-corrected chi connectivity index (χ2v) is 5.68. The van der Waals surface area contributed by atoms with Crippen molar-refractivity contribution in [2.45, 2.75) is 13.0 Å². The number of carboxylic acid groups (broad SMARTS) is 1. The van der Waals surface area contributed by atoms with Crippen LogP contribution in [0.5, 0.6) is 0 Å². The number of amides is 2. The van der Waals surface area contributed by atoms with Crippen LogP contribution in [0.1, 0.15) is 22.3 Å². The minimum absolute atomic E-state index is 0.0250. The van der Waals surface area contributed by atoms with Crippen LogP contribution in [0, 0.1) is 0 Å². The van der Waals surface area contributed by atoms with E-state index in [9.17, 15) is 14.4 Å². The second-order valence-electron chi connectivity index (χ2n) is 4.63. The van der Waals surface area contributed by atoms with Gasteiger partial charge >= 0.3 is 5.97 Å². The second kappa shape index (κ2) is 7.12. The number of nitrogens with zero attached hydrogens (tertiary/aromatic N) is 1. The van der Waals surface area contributed by atoms with E-state index in [1.807, 2.05) is 0 Å². The highest BCUT2D eigenvalue weighted by molar-refractivity contribution is 8.13. The Balaban J connectivity index is 1.77. The summed E-state index contributed by atoms with van der Waals surface area (Å²) in [6.07, 6.45) is 0.255. The van der Waals surface area contributed by atoms with Crippen molar-refractivity contribution < 1.29 is 19.5 Å². The molecule has 1 aliphatic rings. The number of hydrogen-bond donors (Lipinski definition) is 2. The van der Waals surface area contributed by atoms with Gasteiger partial charge in [-0.25, -0.2) is 4.79 Å². The normalized spacial score (nSPS) is 14.3. The molecule has 1 heterocycles. The average Bonchev–Trinajstić information content (AvgIpc) is 2.88. The Hall–Kier alpha value is -2.02. The van der Waals surface area contributed by atoms with Gasteiger partial charge in [-0.3, -0.25) is 9.59 Å². The highest BCUT2D eigenvalue weighted by Gasteiger charge is 2.21. The molecule has 0 unspecified atom stereocenters. The van der Waals surface area contributed by atoms with Gasteiger partial charge in [0.25, 0.3) is 5.24 Å². The summed E-state index contributed by atoms with van der Waals surface area (Å²) in [4.78, 5) is 35.6. The minimum Gasteiger partial charge on any atom is -0.478 e. The van der Waals surface area contributed by atoms with Gasteiger partial charge in [-0.05, 0) is 17.7 Å². The van der Waals surface area contributed by atoms with Crippen LogP contribution in [-0.4, -0.2) is 46.0 Å². The van der Waals surface area contributed by atoms with E-state index in [2.05, 4.69) is 5.32 Å². The lowest BCUT2D eigenvalue weighted by Crippen LogP contribution is -2.30. The third kappa shape index (κ3) is 4.49. The Kier molecular flexibility index (Phi) is 5.21. The zero-order chi connectivity index (χ0) is 15.2. The molecule has 0 atom stereocenters. The molecule has 0 bridgehead atoms. The Labute approximate surface area is 126 Å². The van der Waals surface area contributed by atoms with E-state index in [4.69, 9.17) is 5.11 Å². The number of rotatable bonds is 6. The fourth-order valence-corrected chi connectivity index (χ4v) is 2.82. The summed E-state index contributed by atoms with van der Waals surface area (Å²) in [5.41, 5.74) is 0.928. The predicted octanol–water partition coefficient (Wildman–Crippen LogP) is 1.56. The quantitative estimate of drug-likeness (QED) is 0.833. The van der Waals surface area contributed by atoms with Gasteiger partial charge in [0.05, 0.1) is 5.56 Å². The van der Waals surface area contributed by atoms with Gasteiger partial charge in [0.15, 0.2) is 0 Å². The molecule has 6 nitrogen and oxygen atoms in total. The molecule has 0 radical (unpaired) electrons. The molecule has 2 rings (SSSR count). The smallest absolute Gasteiger partial charge is 0.335 e. The molecule has 1 aromatic carbocycles. The fourth-order valence-electron chi connectivity index (χ4n) is 1.97. The fraction of sp³-hybridized carbons (Fsp3) is 0.357. The van der Waals surface area contributed by atoms with Gasteiger partial charge in [0.2, 0.25) is 5.91 Å². The summed E-state index contributed by atoms with van der Waals surface area (Å²) in [5.74, 6) is -0.365. The molecule has 112 valence electrons. The summed E-state index contributed by atoms with van der Waals surface area (Å²) < 4.78 is 0. The van der Waals surface area contributed by atoms with Crippen LogP contribution >= 0.6 is 11.8 Å². The van der Waals surface area contributed by atoms with E-state index in [0.717, 1.165) is 11.3 Å². The number of carbonyl (C=O) groups is 3. The zero-order valence-electron chi connectivity index (χ0n) is 11.4. The highest BCUT2D eigenvalue weighted by atomic mass is 32.2. The molecule has 21 heavy (non-hydrogen) atoms. The number of benzene rings is 1. The lowest BCUT2D eigenvalue weighted by atomic mass is 10.1. The highest BCUT2D eigenvalue weighted by Crippen LogP contribution is 2.16. The van der Waals surface area contributed by atoms with E-state index in [-0.39, 0.29) is 29.7 Å². The summed E-state index contributed by atoms with van der Waals surface area (Å²) in [7, 11) is 0. The molecule has 0 saturated carbocycles. The van der Waals surface area contributed by atoms with Crippen LogP contribution in [0.3, 0.4) is 0 Å². The molecule has 1 aliphatic heterocycles. The molecule has 2 N–H and O–H groups in total. The van der Waals surface area contributed by atoms with E-state index in [1.54, 1.807) is 17.0 Å². The van der Waals surface area contributed by atoms with Crippen LogP contribution in [-0.2, 0) is 11.3 Å². The summed E-state index contributed by atoms with van der Waals surface area (Å²) >= 11 is 1.27. The number of carboxylic acids is 1. The van der Waals surface area contributed by atoms with E-state index >= 15 is 0 Å². The van der Waals surface area contributed by atoms with Crippen LogP contribution in [0.4, 0.5) is 4.79 Å².